The third kappa shape index (κ3) is 8.92. The number of esters is 3. The maximum absolute atomic E-state index is 12.0. The van der Waals surface area contributed by atoms with Gasteiger partial charge in [0.1, 0.15) is 0 Å². The molecule has 0 bridgehead atoms. The summed E-state index contributed by atoms with van der Waals surface area (Å²) in [5, 5.41) is 37.0. The first kappa shape index (κ1) is 28.2. The summed E-state index contributed by atoms with van der Waals surface area (Å²) in [5.41, 5.74) is 0. The van der Waals surface area contributed by atoms with Crippen molar-refractivity contribution in [2.45, 2.75) is 32.9 Å². The van der Waals surface area contributed by atoms with Crippen LogP contribution in [0.15, 0.2) is 0 Å². The van der Waals surface area contributed by atoms with Crippen LogP contribution >= 0.6 is 0 Å². The van der Waals surface area contributed by atoms with Crippen molar-refractivity contribution < 1.29 is 68.2 Å². The summed E-state index contributed by atoms with van der Waals surface area (Å²) >= 11 is 0. The third-order valence-electron chi connectivity index (χ3n) is 3.36. The molecule has 16 heteroatoms. The fourth-order valence-electron chi connectivity index (χ4n) is 2.41. The van der Waals surface area contributed by atoms with Crippen LogP contribution in [0.5, 0.6) is 0 Å². The maximum Gasteiger partial charge on any atom is 0.427 e. The molecule has 0 aliphatic rings. The number of carboxylic acid groups (broad SMARTS) is 4. The highest BCUT2D eigenvalue weighted by Gasteiger charge is 2.57. The molecule has 0 aliphatic carbocycles. The van der Waals surface area contributed by atoms with Gasteiger partial charge >= 0.3 is 47.7 Å². The maximum atomic E-state index is 12.0. The summed E-state index contributed by atoms with van der Waals surface area (Å²) in [6, 6.07) is 0. The van der Waals surface area contributed by atoms with Crippen molar-refractivity contribution in [2.24, 2.45) is 0 Å². The highest BCUT2D eigenvalue weighted by molar-refractivity contribution is 5.84. The van der Waals surface area contributed by atoms with Gasteiger partial charge in [0, 0.05) is 33.9 Å². The van der Waals surface area contributed by atoms with Crippen LogP contribution in [0.3, 0.4) is 0 Å². The molecule has 0 heterocycles. The van der Waals surface area contributed by atoms with Gasteiger partial charge in [-0.1, -0.05) is 0 Å². The lowest BCUT2D eigenvalue weighted by Gasteiger charge is -2.40. The van der Waals surface area contributed by atoms with Crippen LogP contribution in [0.2, 0.25) is 0 Å². The molecule has 0 aromatic carbocycles. The van der Waals surface area contributed by atoms with E-state index in [-0.39, 0.29) is 4.90 Å². The quantitative estimate of drug-likeness (QED) is 0.154. The van der Waals surface area contributed by atoms with E-state index in [2.05, 4.69) is 14.2 Å². The molecular weight excluding hydrogens is 444 g/mol. The number of carbonyl (C=O) groups is 7. The largest absolute Gasteiger partial charge is 0.480 e. The van der Waals surface area contributed by atoms with E-state index in [1.165, 1.54) is 0 Å². The third-order valence-corrected chi connectivity index (χ3v) is 3.36. The molecule has 1 unspecified atom stereocenters. The van der Waals surface area contributed by atoms with Gasteiger partial charge in [-0.05, 0) is 0 Å². The van der Waals surface area contributed by atoms with Crippen LogP contribution in [0.4, 0.5) is 0 Å². The normalized spacial score (nSPS) is 12.0. The summed E-state index contributed by atoms with van der Waals surface area (Å²) < 4.78 is 13.8. The first-order chi connectivity index (χ1) is 14.6. The molecule has 0 spiro atoms. The standard InChI is InChI=1S/C16H22N2O14/c1-8(19)30-13(14(26)27)18(5-4-17(6-11(22)23)7-12(24)25)16(15(28)29,31-9(2)20)32-10(3)21/h13H,4-7H2,1-3H3,(H,22,23)(H,24,25)(H,26,27)(H,28,29). The Balaban J connectivity index is 6.54. The topological polar surface area (TPSA) is 235 Å². The Morgan fingerprint density at radius 3 is 1.47 bits per heavy atom. The zero-order valence-electron chi connectivity index (χ0n) is 17.2. The van der Waals surface area contributed by atoms with Crippen LogP contribution in [-0.4, -0.2) is 110 Å². The average molecular weight is 466 g/mol. The molecule has 180 valence electrons. The van der Waals surface area contributed by atoms with Gasteiger partial charge in [0.15, 0.2) is 0 Å². The smallest absolute Gasteiger partial charge is 0.427 e. The summed E-state index contributed by atoms with van der Waals surface area (Å²) in [6.45, 7) is -1.13. The predicted molar refractivity (Wildman–Crippen MR) is 95.5 cm³/mol. The fourth-order valence-corrected chi connectivity index (χ4v) is 2.41. The van der Waals surface area contributed by atoms with Crippen LogP contribution < -0.4 is 0 Å². The summed E-state index contributed by atoms with van der Waals surface area (Å²) in [4.78, 5) is 81.1. The Kier molecular flexibility index (Phi) is 10.7. The van der Waals surface area contributed by atoms with E-state index in [0.29, 0.717) is 13.8 Å². The predicted octanol–water partition coefficient (Wildman–Crippen LogP) is -2.40. The summed E-state index contributed by atoms with van der Waals surface area (Å²) in [5.74, 6) is -14.5. The van der Waals surface area contributed by atoms with E-state index in [9.17, 15) is 43.8 Å². The monoisotopic (exact) mass is 466 g/mol. The lowest BCUT2D eigenvalue weighted by molar-refractivity contribution is -0.303. The van der Waals surface area contributed by atoms with E-state index in [1.54, 1.807) is 0 Å². The summed E-state index contributed by atoms with van der Waals surface area (Å²) in [7, 11) is 0. The molecule has 0 radical (unpaired) electrons. The van der Waals surface area contributed by atoms with Crippen LogP contribution in [0.1, 0.15) is 20.8 Å². The van der Waals surface area contributed by atoms with E-state index in [0.717, 1.165) is 11.8 Å². The number of hydrogen-bond donors (Lipinski definition) is 4. The lowest BCUT2D eigenvalue weighted by Crippen LogP contribution is -2.66. The van der Waals surface area contributed by atoms with Crippen molar-refractivity contribution in [3.05, 3.63) is 0 Å². The molecule has 0 aromatic heterocycles. The van der Waals surface area contributed by atoms with Gasteiger partial charge in [0.25, 0.3) is 6.23 Å². The molecule has 0 saturated carbocycles. The number of aliphatic carboxylic acids is 4. The molecule has 0 aliphatic heterocycles. The van der Waals surface area contributed by atoms with Gasteiger partial charge < -0.3 is 34.6 Å². The number of carboxylic acids is 4. The van der Waals surface area contributed by atoms with Crippen molar-refractivity contribution in [2.75, 3.05) is 26.2 Å². The number of carbonyl (C=O) groups excluding carboxylic acids is 3. The number of ether oxygens (including phenoxy) is 3. The highest BCUT2D eigenvalue weighted by Crippen LogP contribution is 2.25. The number of hydrogen-bond acceptors (Lipinski definition) is 12. The Bertz CT molecular complexity index is 747. The van der Waals surface area contributed by atoms with E-state index >= 15 is 0 Å². The molecule has 0 saturated heterocycles. The van der Waals surface area contributed by atoms with Crippen molar-refractivity contribution in [1.82, 2.24) is 9.80 Å². The first-order valence-electron chi connectivity index (χ1n) is 8.57. The second-order valence-corrected chi connectivity index (χ2v) is 6.07. The molecule has 0 rings (SSSR count). The molecule has 0 aromatic rings. The van der Waals surface area contributed by atoms with Crippen molar-refractivity contribution >= 4 is 41.8 Å². The first-order valence-corrected chi connectivity index (χ1v) is 8.57. The zero-order chi connectivity index (χ0) is 25.2. The van der Waals surface area contributed by atoms with Gasteiger partial charge in [0.2, 0.25) is 0 Å². The molecule has 1 atom stereocenters. The SMILES string of the molecule is CC(=O)OC(C(=O)O)N(CCN(CC(=O)O)CC(=O)O)C(OC(C)=O)(OC(C)=O)C(=O)O. The molecule has 0 fully saturated rings. The molecule has 16 nitrogen and oxygen atoms in total. The van der Waals surface area contributed by atoms with E-state index in [1.807, 2.05) is 0 Å². The molecule has 0 amide bonds. The fraction of sp³-hybridized carbons (Fsp3) is 0.562. The van der Waals surface area contributed by atoms with Gasteiger partial charge in [0.05, 0.1) is 13.1 Å². The van der Waals surface area contributed by atoms with Crippen molar-refractivity contribution in [3.63, 3.8) is 0 Å². The van der Waals surface area contributed by atoms with Gasteiger partial charge in [-0.25, -0.2) is 9.59 Å². The van der Waals surface area contributed by atoms with Gasteiger partial charge in [-0.3, -0.25) is 28.9 Å². The van der Waals surface area contributed by atoms with E-state index in [4.69, 9.17) is 10.2 Å². The Hall–Kier alpha value is -3.79. The second kappa shape index (κ2) is 12.2. The number of nitrogens with zero attached hydrogens (tertiary/aromatic N) is 2. The average Bonchev–Trinajstić information content (AvgIpc) is 2.57. The minimum absolute atomic E-state index is 0.137. The minimum atomic E-state index is -3.46. The Labute approximate surface area is 179 Å². The van der Waals surface area contributed by atoms with Gasteiger partial charge in [-0.15, -0.1) is 0 Å². The Morgan fingerprint density at radius 1 is 0.750 bits per heavy atom. The second-order valence-electron chi connectivity index (χ2n) is 6.07. The minimum Gasteiger partial charge on any atom is -0.480 e. The number of rotatable bonds is 14. The highest BCUT2D eigenvalue weighted by atomic mass is 16.8. The lowest BCUT2D eigenvalue weighted by atomic mass is 10.3. The molecule has 4 N–H and O–H groups in total. The molecular formula is C16H22N2O14. The molecule has 32 heavy (non-hydrogen) atoms. The van der Waals surface area contributed by atoms with Crippen molar-refractivity contribution in [3.8, 4) is 0 Å². The van der Waals surface area contributed by atoms with E-state index < -0.39 is 80.1 Å². The Morgan fingerprint density at radius 2 is 1.19 bits per heavy atom. The zero-order valence-corrected chi connectivity index (χ0v) is 17.2. The van der Waals surface area contributed by atoms with Crippen LogP contribution in [0, 0.1) is 0 Å². The van der Waals surface area contributed by atoms with Crippen LogP contribution in [-0.2, 0) is 47.8 Å². The van der Waals surface area contributed by atoms with Gasteiger partial charge in [-0.2, -0.15) is 4.90 Å². The van der Waals surface area contributed by atoms with Crippen LogP contribution in [0.25, 0.3) is 0 Å². The summed E-state index contributed by atoms with van der Waals surface area (Å²) in [6.07, 6.45) is -2.51. The van der Waals surface area contributed by atoms with Crippen molar-refractivity contribution in [1.29, 1.82) is 0 Å².